The largest absolute Gasteiger partial charge is 0.326 e. The number of piperazine rings is 1. The van der Waals surface area contributed by atoms with E-state index >= 15 is 0 Å². The number of hydrogen-bond donors (Lipinski definition) is 2. The minimum Gasteiger partial charge on any atom is -0.326 e. The fourth-order valence-corrected chi connectivity index (χ4v) is 5.74. The first-order chi connectivity index (χ1) is 20.7. The van der Waals surface area contributed by atoms with E-state index in [4.69, 9.17) is 11.6 Å². The summed E-state index contributed by atoms with van der Waals surface area (Å²) in [6.45, 7) is 4.02. The van der Waals surface area contributed by atoms with Crippen LogP contribution in [0.4, 0.5) is 21.5 Å². The molecule has 1 aromatic heterocycles. The molecule has 3 aromatic rings. The molecular weight excluding hydrogens is 573 g/mol. The van der Waals surface area contributed by atoms with Crippen LogP contribution >= 0.6 is 11.6 Å². The molecule has 224 valence electrons. The Hall–Kier alpha value is -4.31. The number of rotatable bonds is 5. The summed E-state index contributed by atoms with van der Waals surface area (Å²) in [5.41, 5.74) is 3.16. The predicted octanol–water partition coefficient (Wildman–Crippen LogP) is 5.95. The van der Waals surface area contributed by atoms with Crippen molar-refractivity contribution in [3.63, 3.8) is 0 Å². The first-order valence-corrected chi connectivity index (χ1v) is 14.8. The van der Waals surface area contributed by atoms with Crippen molar-refractivity contribution < 1.29 is 23.6 Å². The smallest absolute Gasteiger partial charge is 0.316 e. The zero-order chi connectivity index (χ0) is 30.7. The van der Waals surface area contributed by atoms with E-state index in [9.17, 15) is 23.6 Å². The minimum atomic E-state index is -0.842. The Balaban J connectivity index is 1.49. The molecule has 5 rings (SSSR count). The van der Waals surface area contributed by atoms with Crippen molar-refractivity contribution in [2.75, 3.05) is 28.6 Å². The van der Waals surface area contributed by atoms with Crippen LogP contribution in [0.5, 0.6) is 0 Å². The highest BCUT2D eigenvalue weighted by atomic mass is 35.5. The zero-order valence-electron chi connectivity index (χ0n) is 24.0. The van der Waals surface area contributed by atoms with E-state index in [0.29, 0.717) is 49.2 Å². The summed E-state index contributed by atoms with van der Waals surface area (Å²) in [5.74, 6) is -2.95. The quantitative estimate of drug-likeness (QED) is 0.349. The van der Waals surface area contributed by atoms with Gasteiger partial charge in [-0.3, -0.25) is 29.1 Å². The molecule has 0 spiro atoms. The first kappa shape index (κ1) is 30.2. The number of carbonyl (C=O) groups excluding carboxylic acids is 4. The third-order valence-corrected chi connectivity index (χ3v) is 8.18. The van der Waals surface area contributed by atoms with Crippen LogP contribution in [0.2, 0.25) is 5.02 Å². The summed E-state index contributed by atoms with van der Waals surface area (Å²) < 4.78 is 14.7. The molecule has 43 heavy (non-hydrogen) atoms. The van der Waals surface area contributed by atoms with Crippen molar-refractivity contribution in [2.45, 2.75) is 52.0 Å². The third kappa shape index (κ3) is 6.39. The number of nitrogens with zero attached hydrogens (tertiary/aromatic N) is 3. The highest BCUT2D eigenvalue weighted by molar-refractivity contribution is 6.41. The lowest BCUT2D eigenvalue weighted by Gasteiger charge is -2.38. The Labute approximate surface area is 254 Å². The Kier molecular flexibility index (Phi) is 9.05. The first-order valence-electron chi connectivity index (χ1n) is 14.5. The number of benzene rings is 2. The van der Waals surface area contributed by atoms with Crippen molar-refractivity contribution in [3.8, 4) is 11.1 Å². The molecule has 0 radical (unpaired) electrons. The molecule has 3 heterocycles. The highest BCUT2D eigenvalue weighted by Crippen LogP contribution is 2.36. The van der Waals surface area contributed by atoms with E-state index in [0.717, 1.165) is 16.0 Å². The Bertz CT molecular complexity index is 1580. The minimum absolute atomic E-state index is 0.0361. The second kappa shape index (κ2) is 12.9. The van der Waals surface area contributed by atoms with Crippen LogP contribution in [-0.4, -0.2) is 46.6 Å². The number of amides is 4. The second-order valence-corrected chi connectivity index (χ2v) is 11.3. The number of carbonyl (C=O) groups is 4. The standard InChI is InChI=1S/C32H33ClFN5O4/c1-3-6-28(40)36-21-11-12-22-20-13-14-35-25(17-20)26(9-4-7-19(2)30(41)37-24(22)18-21)38-15-16-39(32(43)31(38)42)27-10-5-8-23(33)29(27)34/h5,8,10-14,17-19,26H,3-4,6-7,9,15-16H2,1-2H3,(H,36,40)(H,37,41)/t19-,26+/m1/s1. The SMILES string of the molecule is CCCC(=O)Nc1ccc2c(c1)NC(=O)[C@H](C)CCC[C@H](N1CCN(c3cccc(Cl)c3F)C(=O)C1=O)c1cc-2ccn1. The van der Waals surface area contributed by atoms with Crippen molar-refractivity contribution in [3.05, 3.63) is 71.3 Å². The maximum absolute atomic E-state index is 14.7. The fourth-order valence-electron chi connectivity index (χ4n) is 5.57. The van der Waals surface area contributed by atoms with Gasteiger partial charge >= 0.3 is 11.8 Å². The third-order valence-electron chi connectivity index (χ3n) is 7.89. The van der Waals surface area contributed by atoms with Gasteiger partial charge in [0, 0.05) is 42.9 Å². The van der Waals surface area contributed by atoms with Crippen molar-refractivity contribution >= 4 is 52.3 Å². The lowest BCUT2D eigenvalue weighted by molar-refractivity contribution is -0.148. The molecule has 0 saturated carbocycles. The van der Waals surface area contributed by atoms with Gasteiger partial charge in [-0.1, -0.05) is 44.0 Å². The predicted molar refractivity (Wildman–Crippen MR) is 163 cm³/mol. The highest BCUT2D eigenvalue weighted by Gasteiger charge is 2.39. The molecule has 2 atom stereocenters. The second-order valence-electron chi connectivity index (χ2n) is 10.9. The lowest BCUT2D eigenvalue weighted by atomic mass is 9.94. The van der Waals surface area contributed by atoms with Gasteiger partial charge in [-0.15, -0.1) is 0 Å². The Morgan fingerprint density at radius 1 is 1.09 bits per heavy atom. The van der Waals surface area contributed by atoms with Gasteiger partial charge in [-0.05, 0) is 61.2 Å². The van der Waals surface area contributed by atoms with Crippen LogP contribution in [0, 0.1) is 11.7 Å². The average molecular weight is 606 g/mol. The van der Waals surface area contributed by atoms with Gasteiger partial charge in [0.2, 0.25) is 11.8 Å². The molecular formula is C32H33ClFN5O4. The molecule has 2 aliphatic heterocycles. The van der Waals surface area contributed by atoms with E-state index in [1.807, 2.05) is 32.0 Å². The molecule has 0 aliphatic carbocycles. The molecule has 9 nitrogen and oxygen atoms in total. The van der Waals surface area contributed by atoms with E-state index in [-0.39, 0.29) is 41.5 Å². The molecule has 1 fully saturated rings. The fraction of sp³-hybridized carbons (Fsp3) is 0.344. The van der Waals surface area contributed by atoms with Crippen LogP contribution in [0.3, 0.4) is 0 Å². The van der Waals surface area contributed by atoms with Crippen LogP contribution in [0.25, 0.3) is 11.1 Å². The van der Waals surface area contributed by atoms with Crippen LogP contribution in [-0.2, 0) is 19.2 Å². The monoisotopic (exact) mass is 605 g/mol. The van der Waals surface area contributed by atoms with Gasteiger partial charge in [0.25, 0.3) is 0 Å². The maximum Gasteiger partial charge on any atom is 0.316 e. The van der Waals surface area contributed by atoms with Gasteiger partial charge < -0.3 is 15.5 Å². The summed E-state index contributed by atoms with van der Waals surface area (Å²) in [7, 11) is 0. The number of pyridine rings is 1. The molecule has 0 unspecified atom stereocenters. The topological polar surface area (TPSA) is 112 Å². The Morgan fingerprint density at radius 3 is 2.70 bits per heavy atom. The van der Waals surface area contributed by atoms with E-state index in [2.05, 4.69) is 15.6 Å². The van der Waals surface area contributed by atoms with Gasteiger partial charge in [-0.2, -0.15) is 0 Å². The average Bonchev–Trinajstić information content (AvgIpc) is 2.98. The molecule has 4 amide bonds. The Morgan fingerprint density at radius 2 is 1.91 bits per heavy atom. The molecule has 2 aliphatic rings. The summed E-state index contributed by atoms with van der Waals surface area (Å²) in [6.07, 6.45) is 4.36. The molecule has 1 saturated heterocycles. The zero-order valence-corrected chi connectivity index (χ0v) is 24.8. The van der Waals surface area contributed by atoms with Crippen molar-refractivity contribution in [1.29, 1.82) is 0 Å². The molecule has 2 aromatic carbocycles. The van der Waals surface area contributed by atoms with Gasteiger partial charge in [0.15, 0.2) is 5.82 Å². The molecule has 2 N–H and O–H groups in total. The normalized spacial score (nSPS) is 19.2. The van der Waals surface area contributed by atoms with Crippen molar-refractivity contribution in [1.82, 2.24) is 9.88 Å². The maximum atomic E-state index is 14.7. The van der Waals surface area contributed by atoms with Gasteiger partial charge in [-0.25, -0.2) is 4.39 Å². The summed E-state index contributed by atoms with van der Waals surface area (Å²) >= 11 is 5.93. The van der Waals surface area contributed by atoms with Crippen LogP contribution < -0.4 is 15.5 Å². The van der Waals surface area contributed by atoms with Crippen LogP contribution in [0.1, 0.15) is 57.7 Å². The lowest BCUT2D eigenvalue weighted by Crippen LogP contribution is -2.55. The van der Waals surface area contributed by atoms with Gasteiger partial charge in [0.1, 0.15) is 0 Å². The van der Waals surface area contributed by atoms with E-state index < -0.39 is 23.7 Å². The number of anilines is 3. The number of fused-ring (bicyclic) bond motifs is 4. The summed E-state index contributed by atoms with van der Waals surface area (Å²) in [5, 5.41) is 5.78. The summed E-state index contributed by atoms with van der Waals surface area (Å²) in [6, 6.07) is 12.8. The number of aromatic nitrogens is 1. The van der Waals surface area contributed by atoms with Gasteiger partial charge in [0.05, 0.1) is 28.1 Å². The van der Waals surface area contributed by atoms with E-state index in [1.165, 1.54) is 23.1 Å². The van der Waals surface area contributed by atoms with Crippen molar-refractivity contribution in [2.24, 2.45) is 5.92 Å². The number of nitrogens with one attached hydrogen (secondary N) is 2. The number of halogens is 2. The molecule has 11 heteroatoms. The molecule has 2 bridgehead atoms. The van der Waals surface area contributed by atoms with E-state index in [1.54, 1.807) is 18.3 Å². The van der Waals surface area contributed by atoms with Crippen LogP contribution in [0.15, 0.2) is 54.7 Å². The number of hydrogen-bond acceptors (Lipinski definition) is 5. The summed E-state index contributed by atoms with van der Waals surface area (Å²) in [4.78, 5) is 59.4.